The second kappa shape index (κ2) is 5.78. The van der Waals surface area contributed by atoms with Crippen LogP contribution in [0, 0.1) is 0 Å². The highest BCUT2D eigenvalue weighted by Crippen LogP contribution is 2.40. The van der Waals surface area contributed by atoms with Crippen LogP contribution in [0.15, 0.2) is 24.3 Å². The van der Waals surface area contributed by atoms with Gasteiger partial charge in [-0.2, -0.15) is 0 Å². The third-order valence-corrected chi connectivity index (χ3v) is 5.61. The van der Waals surface area contributed by atoms with E-state index in [-0.39, 0.29) is 5.91 Å². The summed E-state index contributed by atoms with van der Waals surface area (Å²) >= 11 is 1.62. The average molecular weight is 302 g/mol. The SMILES string of the molecule is CNC(=O)c1sc2ccccc2c1[C@@H]1CCN(C(C)C)C1. The molecule has 1 aromatic heterocycles. The molecule has 1 aliphatic rings. The molecule has 1 N–H and O–H groups in total. The normalized spacial score (nSPS) is 19.5. The van der Waals surface area contributed by atoms with Gasteiger partial charge in [0.05, 0.1) is 4.88 Å². The second-order valence-electron chi connectivity index (χ2n) is 5.99. The number of benzene rings is 1. The Balaban J connectivity index is 2.06. The molecule has 0 radical (unpaired) electrons. The molecule has 3 rings (SSSR count). The standard InChI is InChI=1S/C17H22N2OS/c1-11(2)19-9-8-12(10-19)15-13-6-4-5-7-14(13)21-16(15)17(20)18-3/h4-7,11-12H,8-10H2,1-3H3,(H,18,20)/t12-/m1/s1. The van der Waals surface area contributed by atoms with E-state index in [0.29, 0.717) is 12.0 Å². The van der Waals surface area contributed by atoms with Gasteiger partial charge >= 0.3 is 0 Å². The van der Waals surface area contributed by atoms with Crippen molar-refractivity contribution in [3.05, 3.63) is 34.7 Å². The van der Waals surface area contributed by atoms with E-state index in [1.54, 1.807) is 18.4 Å². The zero-order valence-corrected chi connectivity index (χ0v) is 13.7. The number of likely N-dealkylation sites (tertiary alicyclic amines) is 1. The molecule has 0 bridgehead atoms. The number of hydrogen-bond donors (Lipinski definition) is 1. The average Bonchev–Trinajstić information content (AvgIpc) is 3.10. The molecule has 1 fully saturated rings. The van der Waals surface area contributed by atoms with Gasteiger partial charge in [0.2, 0.25) is 0 Å². The van der Waals surface area contributed by atoms with Crippen LogP contribution in [0.1, 0.15) is 41.4 Å². The van der Waals surface area contributed by atoms with Crippen LogP contribution in [0.4, 0.5) is 0 Å². The lowest BCUT2D eigenvalue weighted by Gasteiger charge is -2.20. The van der Waals surface area contributed by atoms with Crippen LogP contribution in [-0.4, -0.2) is 37.0 Å². The summed E-state index contributed by atoms with van der Waals surface area (Å²) in [7, 11) is 1.71. The van der Waals surface area contributed by atoms with Gasteiger partial charge in [0.1, 0.15) is 0 Å². The van der Waals surface area contributed by atoms with Gasteiger partial charge < -0.3 is 10.2 Å². The summed E-state index contributed by atoms with van der Waals surface area (Å²) in [6.07, 6.45) is 1.14. The van der Waals surface area contributed by atoms with Gasteiger partial charge in [0.25, 0.3) is 5.91 Å². The molecule has 1 aliphatic heterocycles. The second-order valence-corrected chi connectivity index (χ2v) is 7.05. The predicted octanol–water partition coefficient (Wildman–Crippen LogP) is 3.46. The third kappa shape index (κ3) is 2.58. The molecule has 2 heterocycles. The van der Waals surface area contributed by atoms with E-state index >= 15 is 0 Å². The highest BCUT2D eigenvalue weighted by atomic mass is 32.1. The first-order valence-corrected chi connectivity index (χ1v) is 8.41. The number of carbonyl (C=O) groups excluding carboxylic acids is 1. The Labute approximate surface area is 130 Å². The van der Waals surface area contributed by atoms with Gasteiger partial charge in [0, 0.05) is 30.3 Å². The van der Waals surface area contributed by atoms with E-state index in [9.17, 15) is 4.79 Å². The molecule has 1 saturated heterocycles. The zero-order valence-electron chi connectivity index (χ0n) is 12.8. The fourth-order valence-electron chi connectivity index (χ4n) is 3.24. The predicted molar refractivity (Wildman–Crippen MR) is 89.3 cm³/mol. The zero-order chi connectivity index (χ0) is 15.0. The minimum Gasteiger partial charge on any atom is -0.354 e. The first-order valence-electron chi connectivity index (χ1n) is 7.59. The Hall–Kier alpha value is -1.39. The number of carbonyl (C=O) groups is 1. The molecular formula is C17H22N2OS. The first kappa shape index (κ1) is 14.5. The van der Waals surface area contributed by atoms with Gasteiger partial charge in [0.15, 0.2) is 0 Å². The summed E-state index contributed by atoms with van der Waals surface area (Å²) in [6, 6.07) is 8.96. The molecule has 3 nitrogen and oxygen atoms in total. The van der Waals surface area contributed by atoms with E-state index in [1.807, 2.05) is 6.07 Å². The van der Waals surface area contributed by atoms with Gasteiger partial charge in [-0.05, 0) is 43.8 Å². The summed E-state index contributed by atoms with van der Waals surface area (Å²) in [5.41, 5.74) is 1.26. The lowest BCUT2D eigenvalue weighted by Crippen LogP contribution is -2.28. The number of nitrogens with one attached hydrogen (secondary N) is 1. The molecule has 0 unspecified atom stereocenters. The van der Waals surface area contributed by atoms with Crippen molar-refractivity contribution in [1.29, 1.82) is 0 Å². The van der Waals surface area contributed by atoms with Crippen molar-refractivity contribution in [3.8, 4) is 0 Å². The maximum atomic E-state index is 12.3. The number of fused-ring (bicyclic) bond motifs is 1. The van der Waals surface area contributed by atoms with Crippen LogP contribution < -0.4 is 5.32 Å². The fourth-order valence-corrected chi connectivity index (χ4v) is 4.48. The summed E-state index contributed by atoms with van der Waals surface area (Å²) in [6.45, 7) is 6.67. The number of nitrogens with zero attached hydrogens (tertiary/aromatic N) is 1. The van der Waals surface area contributed by atoms with Crippen LogP contribution in [-0.2, 0) is 0 Å². The summed E-state index contributed by atoms with van der Waals surface area (Å²) in [4.78, 5) is 15.7. The minimum atomic E-state index is 0.0502. The third-order valence-electron chi connectivity index (χ3n) is 4.43. The lowest BCUT2D eigenvalue weighted by molar-refractivity contribution is 0.0966. The number of hydrogen-bond acceptors (Lipinski definition) is 3. The Bertz CT molecular complexity index is 662. The van der Waals surface area contributed by atoms with Crippen molar-refractivity contribution >= 4 is 27.3 Å². The lowest BCUT2D eigenvalue weighted by atomic mass is 9.95. The molecule has 1 amide bonds. The summed E-state index contributed by atoms with van der Waals surface area (Å²) in [5, 5.41) is 4.06. The van der Waals surface area contributed by atoms with E-state index < -0.39 is 0 Å². The van der Waals surface area contributed by atoms with Crippen LogP contribution in [0.2, 0.25) is 0 Å². The van der Waals surface area contributed by atoms with Crippen LogP contribution in [0.25, 0.3) is 10.1 Å². The van der Waals surface area contributed by atoms with Crippen molar-refractivity contribution in [1.82, 2.24) is 10.2 Å². The summed E-state index contributed by atoms with van der Waals surface area (Å²) < 4.78 is 1.22. The molecule has 0 saturated carbocycles. The highest BCUT2D eigenvalue weighted by Gasteiger charge is 2.31. The van der Waals surface area contributed by atoms with E-state index in [1.165, 1.54) is 15.6 Å². The van der Waals surface area contributed by atoms with Gasteiger partial charge in [-0.3, -0.25) is 4.79 Å². The van der Waals surface area contributed by atoms with Crippen LogP contribution >= 0.6 is 11.3 Å². The molecular weight excluding hydrogens is 280 g/mol. The van der Waals surface area contributed by atoms with E-state index in [0.717, 1.165) is 24.4 Å². The number of thiophene rings is 1. The molecule has 0 aliphatic carbocycles. The molecule has 2 aromatic rings. The Morgan fingerprint density at radius 1 is 1.38 bits per heavy atom. The molecule has 4 heteroatoms. The number of amides is 1. The van der Waals surface area contributed by atoms with Crippen molar-refractivity contribution < 1.29 is 4.79 Å². The quantitative estimate of drug-likeness (QED) is 0.941. The summed E-state index contributed by atoms with van der Waals surface area (Å²) in [5.74, 6) is 0.519. The van der Waals surface area contributed by atoms with Gasteiger partial charge in [-0.15, -0.1) is 11.3 Å². The topological polar surface area (TPSA) is 32.3 Å². The first-order chi connectivity index (χ1) is 10.1. The smallest absolute Gasteiger partial charge is 0.261 e. The molecule has 21 heavy (non-hydrogen) atoms. The van der Waals surface area contributed by atoms with Crippen molar-refractivity contribution in [3.63, 3.8) is 0 Å². The molecule has 1 aromatic carbocycles. The Morgan fingerprint density at radius 2 is 2.14 bits per heavy atom. The molecule has 1 atom stereocenters. The van der Waals surface area contributed by atoms with Crippen molar-refractivity contribution in [2.75, 3.05) is 20.1 Å². The Kier molecular flexibility index (Phi) is 4.00. The number of rotatable bonds is 3. The van der Waals surface area contributed by atoms with E-state index in [2.05, 4.69) is 42.3 Å². The monoisotopic (exact) mass is 302 g/mol. The van der Waals surface area contributed by atoms with Crippen molar-refractivity contribution in [2.45, 2.75) is 32.2 Å². The highest BCUT2D eigenvalue weighted by molar-refractivity contribution is 7.21. The van der Waals surface area contributed by atoms with Crippen LogP contribution in [0.5, 0.6) is 0 Å². The van der Waals surface area contributed by atoms with Crippen molar-refractivity contribution in [2.24, 2.45) is 0 Å². The largest absolute Gasteiger partial charge is 0.354 e. The minimum absolute atomic E-state index is 0.0502. The van der Waals surface area contributed by atoms with E-state index in [4.69, 9.17) is 0 Å². The fraction of sp³-hybridized carbons (Fsp3) is 0.471. The molecule has 0 spiro atoms. The maximum Gasteiger partial charge on any atom is 0.261 e. The van der Waals surface area contributed by atoms with Gasteiger partial charge in [-0.25, -0.2) is 0 Å². The maximum absolute atomic E-state index is 12.3. The molecule has 112 valence electrons. The Morgan fingerprint density at radius 3 is 2.81 bits per heavy atom. The van der Waals surface area contributed by atoms with Gasteiger partial charge in [-0.1, -0.05) is 18.2 Å². The van der Waals surface area contributed by atoms with Crippen LogP contribution in [0.3, 0.4) is 0 Å².